The van der Waals surface area contributed by atoms with E-state index in [1.807, 2.05) is 44.4 Å². The second-order valence-electron chi connectivity index (χ2n) is 6.27. The van der Waals surface area contributed by atoms with Gasteiger partial charge in [-0.15, -0.1) is 0 Å². The summed E-state index contributed by atoms with van der Waals surface area (Å²) in [6.07, 6.45) is 0. The standard InChI is InChI=1S/C21H21FN2O2/c1-24(2)18(15-6-4-3-5-7-15)14-23-21(25)20-13-12-19(26-20)16-8-10-17(22)11-9-16/h3-13,18H,14H2,1-2H3,(H,23,25)/t18-/m0/s1. The van der Waals surface area contributed by atoms with Gasteiger partial charge in [0, 0.05) is 12.1 Å². The predicted molar refractivity (Wildman–Crippen MR) is 99.3 cm³/mol. The zero-order valence-corrected chi connectivity index (χ0v) is 14.8. The van der Waals surface area contributed by atoms with Crippen molar-refractivity contribution >= 4 is 5.91 Å². The molecule has 1 aromatic heterocycles. The first kappa shape index (κ1) is 17.9. The molecule has 1 N–H and O–H groups in total. The van der Waals surface area contributed by atoms with Crippen LogP contribution in [0, 0.1) is 5.82 Å². The summed E-state index contributed by atoms with van der Waals surface area (Å²) in [5.74, 6) is 0.173. The molecule has 0 aliphatic heterocycles. The molecule has 5 heteroatoms. The number of nitrogens with zero attached hydrogens (tertiary/aromatic N) is 1. The van der Waals surface area contributed by atoms with Crippen LogP contribution in [-0.4, -0.2) is 31.4 Å². The van der Waals surface area contributed by atoms with Gasteiger partial charge in [0.25, 0.3) is 5.91 Å². The second kappa shape index (κ2) is 7.97. The van der Waals surface area contributed by atoms with Gasteiger partial charge in [-0.05, 0) is 56.1 Å². The molecule has 0 spiro atoms. The fourth-order valence-corrected chi connectivity index (χ4v) is 2.78. The Bertz CT molecular complexity index is 857. The van der Waals surface area contributed by atoms with Crippen molar-refractivity contribution in [1.29, 1.82) is 0 Å². The van der Waals surface area contributed by atoms with Crippen molar-refractivity contribution in [1.82, 2.24) is 10.2 Å². The number of nitrogens with one attached hydrogen (secondary N) is 1. The van der Waals surface area contributed by atoms with Crippen LogP contribution in [0.15, 0.2) is 71.1 Å². The number of benzene rings is 2. The maximum absolute atomic E-state index is 13.0. The van der Waals surface area contributed by atoms with Crippen LogP contribution in [0.2, 0.25) is 0 Å². The van der Waals surface area contributed by atoms with Crippen LogP contribution in [0.3, 0.4) is 0 Å². The van der Waals surface area contributed by atoms with E-state index in [0.717, 1.165) is 11.1 Å². The molecule has 0 unspecified atom stereocenters. The lowest BCUT2D eigenvalue weighted by molar-refractivity contribution is 0.0915. The lowest BCUT2D eigenvalue weighted by atomic mass is 10.1. The van der Waals surface area contributed by atoms with Crippen molar-refractivity contribution < 1.29 is 13.6 Å². The smallest absolute Gasteiger partial charge is 0.287 e. The number of hydrogen-bond donors (Lipinski definition) is 1. The van der Waals surface area contributed by atoms with E-state index in [2.05, 4.69) is 10.2 Å². The van der Waals surface area contributed by atoms with Gasteiger partial charge in [-0.1, -0.05) is 30.3 Å². The highest BCUT2D eigenvalue weighted by Crippen LogP contribution is 2.23. The maximum Gasteiger partial charge on any atom is 0.287 e. The summed E-state index contributed by atoms with van der Waals surface area (Å²) in [5.41, 5.74) is 1.85. The third kappa shape index (κ3) is 4.18. The number of likely N-dealkylation sites (N-methyl/N-ethyl adjacent to an activating group) is 1. The molecule has 0 aliphatic carbocycles. The highest BCUT2D eigenvalue weighted by molar-refractivity contribution is 5.92. The Morgan fingerprint density at radius 1 is 1.04 bits per heavy atom. The molecule has 0 saturated carbocycles. The quantitative estimate of drug-likeness (QED) is 0.726. The van der Waals surface area contributed by atoms with Crippen LogP contribution in [0.5, 0.6) is 0 Å². The first-order chi connectivity index (χ1) is 12.5. The maximum atomic E-state index is 13.0. The van der Waals surface area contributed by atoms with E-state index >= 15 is 0 Å². The normalized spacial score (nSPS) is 12.2. The lowest BCUT2D eigenvalue weighted by Gasteiger charge is -2.24. The van der Waals surface area contributed by atoms with Gasteiger partial charge in [0.2, 0.25) is 0 Å². The van der Waals surface area contributed by atoms with Crippen LogP contribution >= 0.6 is 0 Å². The fraction of sp³-hybridized carbons (Fsp3) is 0.190. The van der Waals surface area contributed by atoms with Crippen molar-refractivity contribution in [2.45, 2.75) is 6.04 Å². The van der Waals surface area contributed by atoms with E-state index < -0.39 is 0 Å². The van der Waals surface area contributed by atoms with E-state index in [1.165, 1.54) is 12.1 Å². The molecule has 0 fully saturated rings. The number of furan rings is 1. The molecule has 0 bridgehead atoms. The van der Waals surface area contributed by atoms with E-state index in [9.17, 15) is 9.18 Å². The molecule has 26 heavy (non-hydrogen) atoms. The topological polar surface area (TPSA) is 45.5 Å². The summed E-state index contributed by atoms with van der Waals surface area (Å²) >= 11 is 0. The van der Waals surface area contributed by atoms with E-state index in [4.69, 9.17) is 4.42 Å². The van der Waals surface area contributed by atoms with Gasteiger partial charge in [-0.25, -0.2) is 4.39 Å². The van der Waals surface area contributed by atoms with Crippen molar-refractivity contribution in [2.75, 3.05) is 20.6 Å². The molecule has 1 amide bonds. The summed E-state index contributed by atoms with van der Waals surface area (Å²) in [7, 11) is 3.95. The molecule has 3 aromatic rings. The van der Waals surface area contributed by atoms with Crippen LogP contribution in [0.4, 0.5) is 4.39 Å². The molecule has 1 atom stereocenters. The average Bonchev–Trinajstić information content (AvgIpc) is 3.13. The van der Waals surface area contributed by atoms with Crippen molar-refractivity contribution in [3.63, 3.8) is 0 Å². The highest BCUT2D eigenvalue weighted by atomic mass is 19.1. The first-order valence-electron chi connectivity index (χ1n) is 8.40. The van der Waals surface area contributed by atoms with Crippen molar-refractivity contribution in [3.05, 3.63) is 83.9 Å². The summed E-state index contributed by atoms with van der Waals surface area (Å²) in [6, 6.07) is 19.4. The molecule has 4 nitrogen and oxygen atoms in total. The molecule has 2 aromatic carbocycles. The number of rotatable bonds is 6. The minimum Gasteiger partial charge on any atom is -0.451 e. The van der Waals surface area contributed by atoms with Gasteiger partial charge in [-0.2, -0.15) is 0 Å². The summed E-state index contributed by atoms with van der Waals surface area (Å²) in [5, 5.41) is 2.92. The monoisotopic (exact) mass is 352 g/mol. The Balaban J connectivity index is 1.67. The van der Waals surface area contributed by atoms with Crippen molar-refractivity contribution in [3.8, 4) is 11.3 Å². The second-order valence-corrected chi connectivity index (χ2v) is 6.27. The summed E-state index contributed by atoms with van der Waals surface area (Å²) < 4.78 is 18.6. The van der Waals surface area contributed by atoms with Crippen LogP contribution in [0.25, 0.3) is 11.3 Å². The first-order valence-corrected chi connectivity index (χ1v) is 8.40. The summed E-state index contributed by atoms with van der Waals surface area (Å²) in [6.45, 7) is 0.461. The van der Waals surface area contributed by atoms with Gasteiger partial charge < -0.3 is 14.6 Å². The fourth-order valence-electron chi connectivity index (χ4n) is 2.78. The largest absolute Gasteiger partial charge is 0.451 e. The van der Waals surface area contributed by atoms with Gasteiger partial charge in [0.1, 0.15) is 11.6 Å². The van der Waals surface area contributed by atoms with Gasteiger partial charge in [0.15, 0.2) is 5.76 Å². The molecule has 0 radical (unpaired) electrons. The zero-order chi connectivity index (χ0) is 18.5. The minimum absolute atomic E-state index is 0.0617. The third-order valence-electron chi connectivity index (χ3n) is 4.22. The van der Waals surface area contributed by atoms with E-state index in [0.29, 0.717) is 12.3 Å². The van der Waals surface area contributed by atoms with E-state index in [-0.39, 0.29) is 23.5 Å². The summed E-state index contributed by atoms with van der Waals surface area (Å²) in [4.78, 5) is 14.5. The number of carbonyl (C=O) groups is 1. The third-order valence-corrected chi connectivity index (χ3v) is 4.22. The molecule has 0 saturated heterocycles. The van der Waals surface area contributed by atoms with Crippen molar-refractivity contribution in [2.24, 2.45) is 0 Å². The molecular weight excluding hydrogens is 331 g/mol. The number of carbonyl (C=O) groups excluding carboxylic acids is 1. The van der Waals surface area contributed by atoms with E-state index in [1.54, 1.807) is 24.3 Å². The Kier molecular flexibility index (Phi) is 5.49. The molecule has 3 rings (SSSR count). The zero-order valence-electron chi connectivity index (χ0n) is 14.8. The number of halogens is 1. The Hall–Kier alpha value is -2.92. The van der Waals surface area contributed by atoms with Crippen LogP contribution in [0.1, 0.15) is 22.2 Å². The van der Waals surface area contributed by atoms with Crippen LogP contribution in [-0.2, 0) is 0 Å². The number of hydrogen-bond acceptors (Lipinski definition) is 3. The lowest BCUT2D eigenvalue weighted by Crippen LogP contribution is -2.34. The average molecular weight is 352 g/mol. The molecule has 134 valence electrons. The van der Waals surface area contributed by atoms with Gasteiger partial charge in [0.05, 0.1) is 6.04 Å². The van der Waals surface area contributed by atoms with Crippen LogP contribution < -0.4 is 5.32 Å². The Morgan fingerprint density at radius 2 is 1.73 bits per heavy atom. The van der Waals surface area contributed by atoms with Gasteiger partial charge in [-0.3, -0.25) is 4.79 Å². The Morgan fingerprint density at radius 3 is 2.38 bits per heavy atom. The number of amides is 1. The Labute approximate surface area is 152 Å². The molecular formula is C21H21FN2O2. The van der Waals surface area contributed by atoms with Gasteiger partial charge >= 0.3 is 0 Å². The SMILES string of the molecule is CN(C)[C@@H](CNC(=O)c1ccc(-c2ccc(F)cc2)o1)c1ccccc1. The minimum atomic E-state index is -0.311. The molecule has 1 heterocycles. The predicted octanol–water partition coefficient (Wildman–Crippen LogP) is 4.12. The molecule has 0 aliphatic rings. The highest BCUT2D eigenvalue weighted by Gasteiger charge is 2.17.